The van der Waals surface area contributed by atoms with Gasteiger partial charge in [-0.05, 0) is 37.6 Å². The number of thiazole rings is 1. The summed E-state index contributed by atoms with van der Waals surface area (Å²) in [7, 11) is 0. The summed E-state index contributed by atoms with van der Waals surface area (Å²) in [5.74, 6) is -0.224. The normalized spacial score (nSPS) is 10.4. The maximum Gasteiger partial charge on any atom is 0.260 e. The van der Waals surface area contributed by atoms with Crippen LogP contribution in [0, 0.1) is 13.8 Å². The summed E-state index contributed by atoms with van der Waals surface area (Å²) >= 11 is 1.24. The first kappa shape index (κ1) is 20.3. The Kier molecular flexibility index (Phi) is 6.08. The first-order valence-electron chi connectivity index (χ1n) is 8.80. The average molecular weight is 412 g/mol. The smallest absolute Gasteiger partial charge is 0.260 e. The van der Waals surface area contributed by atoms with E-state index in [1.165, 1.54) is 24.5 Å². The molecule has 3 amide bonds. The highest BCUT2D eigenvalue weighted by Crippen LogP contribution is 2.21. The number of rotatable bonds is 6. The molecule has 3 N–H and O–H groups in total. The van der Waals surface area contributed by atoms with E-state index in [0.717, 1.165) is 5.56 Å². The lowest BCUT2D eigenvalue weighted by Gasteiger charge is -2.10. The molecule has 0 atom stereocenters. The number of anilines is 3. The molecule has 0 aliphatic heterocycles. The van der Waals surface area contributed by atoms with Gasteiger partial charge in [0.25, 0.3) is 5.91 Å². The number of aryl methyl sites for hydroxylation is 2. The van der Waals surface area contributed by atoms with E-state index in [1.54, 1.807) is 30.5 Å². The van der Waals surface area contributed by atoms with Gasteiger partial charge in [0.05, 0.1) is 23.9 Å². The molecule has 3 aromatic rings. The number of amides is 3. The van der Waals surface area contributed by atoms with Gasteiger partial charge in [-0.1, -0.05) is 6.07 Å². The fourth-order valence-corrected chi connectivity index (χ4v) is 3.33. The van der Waals surface area contributed by atoms with Crippen molar-refractivity contribution in [3.8, 4) is 0 Å². The first-order chi connectivity index (χ1) is 13.8. The fourth-order valence-electron chi connectivity index (χ4n) is 2.62. The summed E-state index contributed by atoms with van der Waals surface area (Å²) in [4.78, 5) is 40.1. The van der Waals surface area contributed by atoms with Crippen LogP contribution in [0.25, 0.3) is 0 Å². The molecule has 0 radical (unpaired) electrons. The molecule has 0 unspecified atom stereocenters. The standard InChI is InChI=1S/C20H20N4O4S/c1-11-4-5-14(8-17(11)21-13(3)25)22-18(26)9-15-10-29-20(23-15)24-19(27)16-6-7-28-12(16)2/h4-8,10H,9H2,1-3H3,(H,21,25)(H,22,26)(H,23,24,27). The molecule has 0 fully saturated rings. The molecular formula is C20H20N4O4S. The van der Waals surface area contributed by atoms with E-state index >= 15 is 0 Å². The second-order valence-corrected chi connectivity index (χ2v) is 7.28. The molecule has 9 heteroatoms. The van der Waals surface area contributed by atoms with Crippen molar-refractivity contribution in [1.82, 2.24) is 4.98 Å². The highest BCUT2D eigenvalue weighted by Gasteiger charge is 2.14. The van der Waals surface area contributed by atoms with Gasteiger partial charge in [0.2, 0.25) is 11.8 Å². The lowest BCUT2D eigenvalue weighted by atomic mass is 10.1. The third-order valence-corrected chi connectivity index (χ3v) is 4.86. The van der Waals surface area contributed by atoms with Gasteiger partial charge in [-0.15, -0.1) is 11.3 Å². The van der Waals surface area contributed by atoms with Crippen LogP contribution in [0.15, 0.2) is 40.3 Å². The third-order valence-electron chi connectivity index (χ3n) is 4.05. The molecule has 3 rings (SSSR count). The second-order valence-electron chi connectivity index (χ2n) is 6.42. The van der Waals surface area contributed by atoms with E-state index in [4.69, 9.17) is 4.42 Å². The topological polar surface area (TPSA) is 113 Å². The van der Waals surface area contributed by atoms with Crippen molar-refractivity contribution in [2.24, 2.45) is 0 Å². The van der Waals surface area contributed by atoms with Gasteiger partial charge in [0, 0.05) is 23.7 Å². The monoisotopic (exact) mass is 412 g/mol. The van der Waals surface area contributed by atoms with Crippen LogP contribution in [0.3, 0.4) is 0 Å². The van der Waals surface area contributed by atoms with E-state index in [9.17, 15) is 14.4 Å². The number of nitrogens with one attached hydrogen (secondary N) is 3. The molecule has 29 heavy (non-hydrogen) atoms. The number of nitrogens with zero attached hydrogens (tertiary/aromatic N) is 1. The summed E-state index contributed by atoms with van der Waals surface area (Å²) in [5.41, 5.74) is 3.09. The largest absolute Gasteiger partial charge is 0.469 e. The molecule has 2 aromatic heterocycles. The molecule has 1 aromatic carbocycles. The van der Waals surface area contributed by atoms with Gasteiger partial charge in [-0.3, -0.25) is 19.7 Å². The van der Waals surface area contributed by atoms with Crippen molar-refractivity contribution in [1.29, 1.82) is 0 Å². The van der Waals surface area contributed by atoms with Crippen molar-refractivity contribution in [2.45, 2.75) is 27.2 Å². The van der Waals surface area contributed by atoms with Crippen molar-refractivity contribution >= 4 is 45.6 Å². The number of hydrogen-bond donors (Lipinski definition) is 3. The van der Waals surface area contributed by atoms with Crippen LogP contribution in [0.2, 0.25) is 0 Å². The lowest BCUT2D eigenvalue weighted by molar-refractivity contribution is -0.116. The molecule has 2 heterocycles. The molecule has 0 bridgehead atoms. The van der Waals surface area contributed by atoms with Crippen molar-refractivity contribution in [3.63, 3.8) is 0 Å². The predicted octanol–water partition coefficient (Wildman–Crippen LogP) is 3.74. The number of carbonyl (C=O) groups is 3. The van der Waals surface area contributed by atoms with Crippen LogP contribution in [0.4, 0.5) is 16.5 Å². The summed E-state index contributed by atoms with van der Waals surface area (Å²) < 4.78 is 5.12. The Bertz CT molecular complexity index is 1070. The molecule has 0 saturated carbocycles. The summed E-state index contributed by atoms with van der Waals surface area (Å²) in [5, 5.41) is 10.3. The Balaban J connectivity index is 1.60. The third kappa shape index (κ3) is 5.29. The van der Waals surface area contributed by atoms with Crippen LogP contribution in [-0.4, -0.2) is 22.7 Å². The quantitative estimate of drug-likeness (QED) is 0.571. The lowest BCUT2D eigenvalue weighted by Crippen LogP contribution is -2.16. The number of hydrogen-bond acceptors (Lipinski definition) is 6. The minimum atomic E-state index is -0.313. The number of benzene rings is 1. The van der Waals surface area contributed by atoms with Crippen LogP contribution in [-0.2, 0) is 16.0 Å². The first-order valence-corrected chi connectivity index (χ1v) is 9.67. The Morgan fingerprint density at radius 3 is 2.59 bits per heavy atom. The molecular weight excluding hydrogens is 392 g/mol. The number of furan rings is 1. The predicted molar refractivity (Wildman–Crippen MR) is 111 cm³/mol. The van der Waals surface area contributed by atoms with Crippen LogP contribution < -0.4 is 16.0 Å². The Labute approximate surface area is 171 Å². The summed E-state index contributed by atoms with van der Waals surface area (Å²) in [6.07, 6.45) is 1.50. The maximum absolute atomic E-state index is 12.3. The maximum atomic E-state index is 12.3. The van der Waals surface area contributed by atoms with E-state index < -0.39 is 0 Å². The number of aromatic nitrogens is 1. The van der Waals surface area contributed by atoms with Crippen LogP contribution in [0.5, 0.6) is 0 Å². The SMILES string of the molecule is CC(=O)Nc1cc(NC(=O)Cc2csc(NC(=O)c3ccoc3C)n2)ccc1C. The van der Waals surface area contributed by atoms with Gasteiger partial charge in [-0.25, -0.2) is 4.98 Å². The summed E-state index contributed by atoms with van der Waals surface area (Å²) in [6, 6.07) is 6.87. The Hall–Kier alpha value is -3.46. The van der Waals surface area contributed by atoms with E-state index in [1.807, 2.05) is 13.0 Å². The summed E-state index contributed by atoms with van der Waals surface area (Å²) in [6.45, 7) is 5.00. The number of carbonyl (C=O) groups excluding carboxylic acids is 3. The highest BCUT2D eigenvalue weighted by molar-refractivity contribution is 7.14. The minimum absolute atomic E-state index is 0.0560. The van der Waals surface area contributed by atoms with Crippen molar-refractivity contribution < 1.29 is 18.8 Å². The van der Waals surface area contributed by atoms with Crippen molar-refractivity contribution in [3.05, 3.63) is 58.5 Å². The van der Waals surface area contributed by atoms with Gasteiger partial charge in [-0.2, -0.15) is 0 Å². The highest BCUT2D eigenvalue weighted by atomic mass is 32.1. The molecule has 150 valence electrons. The molecule has 8 nitrogen and oxygen atoms in total. The van der Waals surface area contributed by atoms with Crippen molar-refractivity contribution in [2.75, 3.05) is 16.0 Å². The molecule has 0 spiro atoms. The fraction of sp³-hybridized carbons (Fsp3) is 0.200. The van der Waals surface area contributed by atoms with Crippen LogP contribution >= 0.6 is 11.3 Å². The second kappa shape index (κ2) is 8.70. The zero-order chi connectivity index (χ0) is 21.0. The van der Waals surface area contributed by atoms with Gasteiger partial charge in [0.15, 0.2) is 5.13 Å². The Morgan fingerprint density at radius 1 is 1.10 bits per heavy atom. The van der Waals surface area contributed by atoms with E-state index in [0.29, 0.717) is 33.5 Å². The van der Waals surface area contributed by atoms with Gasteiger partial charge < -0.3 is 15.1 Å². The zero-order valence-electron chi connectivity index (χ0n) is 16.2. The molecule has 0 aliphatic carbocycles. The van der Waals surface area contributed by atoms with Crippen LogP contribution in [0.1, 0.15) is 34.3 Å². The van der Waals surface area contributed by atoms with Gasteiger partial charge >= 0.3 is 0 Å². The minimum Gasteiger partial charge on any atom is -0.469 e. The Morgan fingerprint density at radius 2 is 1.90 bits per heavy atom. The average Bonchev–Trinajstić information content (AvgIpc) is 3.26. The van der Waals surface area contributed by atoms with E-state index in [-0.39, 0.29) is 24.1 Å². The van der Waals surface area contributed by atoms with Gasteiger partial charge in [0.1, 0.15) is 5.76 Å². The molecule has 0 saturated heterocycles. The zero-order valence-corrected chi connectivity index (χ0v) is 17.0. The molecule has 0 aliphatic rings. The van der Waals surface area contributed by atoms with E-state index in [2.05, 4.69) is 20.9 Å².